The van der Waals surface area contributed by atoms with Crippen molar-refractivity contribution in [1.29, 1.82) is 0 Å². The molecule has 18 heavy (non-hydrogen) atoms. The number of primary amides is 1. The fraction of sp³-hybridized carbons (Fsp3) is 0.500. The standard InChI is InChI=1S/C14H20N2O2/c1-9-4-3-5-10(2)12(9)8-16-7-11(17)6-13(16)14(15)18/h3-5,11,13,17H,6-8H2,1-2H3,(H2,15,18)/t11-,13+/m1/s1. The second-order valence-electron chi connectivity index (χ2n) is 5.11. The van der Waals surface area contributed by atoms with Gasteiger partial charge in [-0.2, -0.15) is 0 Å². The first-order chi connectivity index (χ1) is 8.49. The summed E-state index contributed by atoms with van der Waals surface area (Å²) < 4.78 is 0. The van der Waals surface area contributed by atoms with Crippen molar-refractivity contribution in [2.24, 2.45) is 5.73 Å². The number of nitrogens with zero attached hydrogens (tertiary/aromatic N) is 1. The highest BCUT2D eigenvalue weighted by molar-refractivity contribution is 5.80. The number of aliphatic hydroxyl groups is 1. The van der Waals surface area contributed by atoms with Crippen molar-refractivity contribution >= 4 is 5.91 Å². The molecule has 4 heteroatoms. The van der Waals surface area contributed by atoms with Gasteiger partial charge in [0, 0.05) is 13.1 Å². The van der Waals surface area contributed by atoms with E-state index in [2.05, 4.69) is 26.0 Å². The first-order valence-corrected chi connectivity index (χ1v) is 6.25. The molecule has 1 aromatic carbocycles. The Morgan fingerprint density at radius 3 is 2.61 bits per heavy atom. The van der Waals surface area contributed by atoms with E-state index < -0.39 is 6.10 Å². The molecule has 0 radical (unpaired) electrons. The van der Waals surface area contributed by atoms with Gasteiger partial charge in [0.25, 0.3) is 0 Å². The number of aliphatic hydroxyl groups excluding tert-OH is 1. The molecule has 1 fully saturated rings. The highest BCUT2D eigenvalue weighted by Gasteiger charge is 2.34. The maximum atomic E-state index is 11.4. The predicted octanol–water partition coefficient (Wildman–Crippen LogP) is 0.724. The van der Waals surface area contributed by atoms with E-state index >= 15 is 0 Å². The predicted molar refractivity (Wildman–Crippen MR) is 69.9 cm³/mol. The van der Waals surface area contributed by atoms with Gasteiger partial charge < -0.3 is 10.8 Å². The van der Waals surface area contributed by atoms with Crippen molar-refractivity contribution in [3.8, 4) is 0 Å². The van der Waals surface area contributed by atoms with Crippen molar-refractivity contribution in [3.63, 3.8) is 0 Å². The largest absolute Gasteiger partial charge is 0.392 e. The number of hydrogen-bond donors (Lipinski definition) is 2. The maximum Gasteiger partial charge on any atom is 0.234 e. The van der Waals surface area contributed by atoms with Gasteiger partial charge in [0.05, 0.1) is 12.1 Å². The summed E-state index contributed by atoms with van der Waals surface area (Å²) in [7, 11) is 0. The second kappa shape index (κ2) is 5.08. The Kier molecular flexibility index (Phi) is 3.68. The number of aryl methyl sites for hydroxylation is 2. The van der Waals surface area contributed by atoms with E-state index in [-0.39, 0.29) is 11.9 Å². The number of benzene rings is 1. The smallest absolute Gasteiger partial charge is 0.234 e. The maximum absolute atomic E-state index is 11.4. The van der Waals surface area contributed by atoms with Crippen molar-refractivity contribution in [2.45, 2.75) is 39.0 Å². The SMILES string of the molecule is Cc1cccc(C)c1CN1C[C@H](O)C[C@H]1C(N)=O. The zero-order valence-corrected chi connectivity index (χ0v) is 10.9. The Balaban J connectivity index is 2.20. The van der Waals surface area contributed by atoms with E-state index in [0.29, 0.717) is 19.5 Å². The Labute approximate surface area is 107 Å². The molecule has 2 rings (SSSR count). The van der Waals surface area contributed by atoms with Crippen LogP contribution in [0.5, 0.6) is 0 Å². The minimum absolute atomic E-state index is 0.348. The van der Waals surface area contributed by atoms with Gasteiger partial charge in [-0.1, -0.05) is 18.2 Å². The van der Waals surface area contributed by atoms with Gasteiger partial charge in [-0.25, -0.2) is 0 Å². The molecule has 1 saturated heterocycles. The highest BCUT2D eigenvalue weighted by atomic mass is 16.3. The van der Waals surface area contributed by atoms with Crippen LogP contribution in [0.4, 0.5) is 0 Å². The molecule has 0 aliphatic carbocycles. The average molecular weight is 248 g/mol. The zero-order chi connectivity index (χ0) is 13.3. The van der Waals surface area contributed by atoms with Crippen LogP contribution in [0.1, 0.15) is 23.1 Å². The fourth-order valence-electron chi connectivity index (χ4n) is 2.65. The molecule has 1 aliphatic heterocycles. The molecule has 4 nitrogen and oxygen atoms in total. The van der Waals surface area contributed by atoms with Crippen molar-refractivity contribution in [2.75, 3.05) is 6.54 Å². The molecule has 2 atom stereocenters. The molecule has 0 bridgehead atoms. The van der Waals surface area contributed by atoms with Crippen LogP contribution in [0.25, 0.3) is 0 Å². The number of hydrogen-bond acceptors (Lipinski definition) is 3. The van der Waals surface area contributed by atoms with Gasteiger partial charge in [-0.3, -0.25) is 9.69 Å². The number of likely N-dealkylation sites (tertiary alicyclic amines) is 1. The van der Waals surface area contributed by atoms with E-state index in [4.69, 9.17) is 5.73 Å². The lowest BCUT2D eigenvalue weighted by Gasteiger charge is -2.23. The second-order valence-corrected chi connectivity index (χ2v) is 5.11. The lowest BCUT2D eigenvalue weighted by molar-refractivity contribution is -0.122. The summed E-state index contributed by atoms with van der Waals surface area (Å²) in [4.78, 5) is 13.4. The van der Waals surface area contributed by atoms with Gasteiger partial charge in [-0.15, -0.1) is 0 Å². The number of β-amino-alcohol motifs (C(OH)–C–C–N with tert-alkyl or cyclic N) is 1. The van der Waals surface area contributed by atoms with Crippen LogP contribution in [-0.2, 0) is 11.3 Å². The highest BCUT2D eigenvalue weighted by Crippen LogP contribution is 2.23. The summed E-state index contributed by atoms with van der Waals surface area (Å²) in [5.41, 5.74) is 9.02. The minimum atomic E-state index is -0.452. The molecule has 0 spiro atoms. The van der Waals surface area contributed by atoms with Crippen molar-refractivity contribution < 1.29 is 9.90 Å². The van der Waals surface area contributed by atoms with Crippen LogP contribution in [0, 0.1) is 13.8 Å². The Hall–Kier alpha value is -1.39. The number of rotatable bonds is 3. The molecule has 1 heterocycles. The molecule has 98 valence electrons. The van der Waals surface area contributed by atoms with Crippen LogP contribution in [0.2, 0.25) is 0 Å². The zero-order valence-electron chi connectivity index (χ0n) is 10.9. The van der Waals surface area contributed by atoms with Gasteiger partial charge >= 0.3 is 0 Å². The van der Waals surface area contributed by atoms with E-state index in [1.807, 2.05) is 11.0 Å². The third-order valence-corrected chi connectivity index (χ3v) is 3.72. The number of amides is 1. The lowest BCUT2D eigenvalue weighted by atomic mass is 10.0. The Morgan fingerprint density at radius 1 is 1.44 bits per heavy atom. The van der Waals surface area contributed by atoms with Crippen LogP contribution >= 0.6 is 0 Å². The first-order valence-electron chi connectivity index (χ1n) is 6.25. The molecule has 1 amide bonds. The monoisotopic (exact) mass is 248 g/mol. The molecule has 1 aliphatic rings. The van der Waals surface area contributed by atoms with Crippen LogP contribution < -0.4 is 5.73 Å². The summed E-state index contributed by atoms with van der Waals surface area (Å²) in [6, 6.07) is 5.81. The van der Waals surface area contributed by atoms with Gasteiger partial charge in [0.2, 0.25) is 5.91 Å². The normalized spacial score (nSPS) is 24.4. The molecule has 3 N–H and O–H groups in total. The molecular weight excluding hydrogens is 228 g/mol. The minimum Gasteiger partial charge on any atom is -0.392 e. The summed E-state index contributed by atoms with van der Waals surface area (Å²) in [6.07, 6.45) is -0.00731. The fourth-order valence-corrected chi connectivity index (χ4v) is 2.65. The number of carbonyl (C=O) groups is 1. The van der Waals surface area contributed by atoms with Gasteiger partial charge in [-0.05, 0) is 37.0 Å². The number of nitrogens with two attached hydrogens (primary N) is 1. The third-order valence-electron chi connectivity index (χ3n) is 3.72. The lowest BCUT2D eigenvalue weighted by Crippen LogP contribution is -2.40. The molecular formula is C14H20N2O2. The summed E-state index contributed by atoms with van der Waals surface area (Å²) in [5.74, 6) is -0.349. The molecule has 0 saturated carbocycles. The van der Waals surface area contributed by atoms with Crippen LogP contribution in [0.3, 0.4) is 0 Å². The average Bonchev–Trinajstić information content (AvgIpc) is 2.65. The quantitative estimate of drug-likeness (QED) is 0.828. The van der Waals surface area contributed by atoms with Crippen LogP contribution in [0.15, 0.2) is 18.2 Å². The molecule has 1 aromatic rings. The summed E-state index contributed by atoms with van der Waals surface area (Å²) in [6.45, 7) is 5.31. The van der Waals surface area contributed by atoms with Crippen molar-refractivity contribution in [1.82, 2.24) is 4.90 Å². The number of carbonyl (C=O) groups excluding carboxylic acids is 1. The van der Waals surface area contributed by atoms with Crippen LogP contribution in [-0.4, -0.2) is 34.6 Å². The summed E-state index contributed by atoms with van der Waals surface area (Å²) in [5, 5.41) is 9.69. The van der Waals surface area contributed by atoms with E-state index in [0.717, 1.165) is 0 Å². The Morgan fingerprint density at radius 2 is 2.06 bits per heavy atom. The van der Waals surface area contributed by atoms with E-state index in [1.54, 1.807) is 0 Å². The third kappa shape index (κ3) is 2.54. The topological polar surface area (TPSA) is 66.6 Å². The van der Waals surface area contributed by atoms with Crippen molar-refractivity contribution in [3.05, 3.63) is 34.9 Å². The Bertz CT molecular complexity index is 439. The van der Waals surface area contributed by atoms with Gasteiger partial charge in [0.15, 0.2) is 0 Å². The molecule has 0 aromatic heterocycles. The van der Waals surface area contributed by atoms with Gasteiger partial charge in [0.1, 0.15) is 0 Å². The first kappa shape index (κ1) is 13.1. The summed E-state index contributed by atoms with van der Waals surface area (Å²) >= 11 is 0. The van der Waals surface area contributed by atoms with E-state index in [1.165, 1.54) is 16.7 Å². The molecule has 0 unspecified atom stereocenters. The van der Waals surface area contributed by atoms with E-state index in [9.17, 15) is 9.90 Å².